The Morgan fingerprint density at radius 1 is 1.16 bits per heavy atom. The maximum absolute atomic E-state index is 12.0. The van der Waals surface area contributed by atoms with E-state index in [2.05, 4.69) is 0 Å². The molecular weight excluding hydrogens is 291 g/mol. The molecule has 0 aliphatic rings. The fourth-order valence-electron chi connectivity index (χ4n) is 1.48. The smallest absolute Gasteiger partial charge is 0.230 e. The van der Waals surface area contributed by atoms with E-state index in [-0.39, 0.29) is 27.4 Å². The van der Waals surface area contributed by atoms with Crippen molar-refractivity contribution in [3.8, 4) is 11.5 Å². The number of benzene rings is 1. The SMILES string of the molecule is CC(C)(C)CC(=O)C(=O)c1cc(Cl)c(O)c(O)c1Cl. The largest absolute Gasteiger partial charge is 0.503 e. The van der Waals surface area contributed by atoms with Gasteiger partial charge >= 0.3 is 0 Å². The molecule has 6 heteroatoms. The van der Waals surface area contributed by atoms with Crippen LogP contribution in [0.2, 0.25) is 10.0 Å². The van der Waals surface area contributed by atoms with Crippen molar-refractivity contribution in [2.45, 2.75) is 27.2 Å². The molecule has 0 unspecified atom stereocenters. The third kappa shape index (κ3) is 3.61. The van der Waals surface area contributed by atoms with Crippen LogP contribution in [0.1, 0.15) is 37.6 Å². The highest BCUT2D eigenvalue weighted by atomic mass is 35.5. The molecule has 0 bridgehead atoms. The lowest BCUT2D eigenvalue weighted by molar-refractivity contribution is -0.116. The zero-order valence-electron chi connectivity index (χ0n) is 10.8. The molecule has 0 radical (unpaired) electrons. The van der Waals surface area contributed by atoms with Gasteiger partial charge in [0.05, 0.1) is 10.0 Å². The summed E-state index contributed by atoms with van der Waals surface area (Å²) in [5.41, 5.74) is -0.557. The molecule has 19 heavy (non-hydrogen) atoms. The lowest BCUT2D eigenvalue weighted by atomic mass is 9.87. The number of rotatable bonds is 3. The minimum absolute atomic E-state index is 0.0431. The lowest BCUT2D eigenvalue weighted by Crippen LogP contribution is -2.21. The van der Waals surface area contributed by atoms with Crippen LogP contribution in [0.15, 0.2) is 6.07 Å². The van der Waals surface area contributed by atoms with E-state index in [1.165, 1.54) is 0 Å². The van der Waals surface area contributed by atoms with Crippen LogP contribution in [-0.4, -0.2) is 21.8 Å². The molecule has 4 nitrogen and oxygen atoms in total. The number of hydrogen-bond acceptors (Lipinski definition) is 4. The van der Waals surface area contributed by atoms with Crippen LogP contribution in [0.3, 0.4) is 0 Å². The van der Waals surface area contributed by atoms with Gasteiger partial charge in [0.15, 0.2) is 11.5 Å². The third-order valence-corrected chi connectivity index (χ3v) is 3.03. The topological polar surface area (TPSA) is 74.6 Å². The van der Waals surface area contributed by atoms with Crippen molar-refractivity contribution in [1.29, 1.82) is 0 Å². The number of phenols is 2. The van der Waals surface area contributed by atoms with Crippen LogP contribution in [0.5, 0.6) is 11.5 Å². The molecule has 1 aromatic rings. The van der Waals surface area contributed by atoms with Crippen molar-refractivity contribution in [3.05, 3.63) is 21.7 Å². The average Bonchev–Trinajstić information content (AvgIpc) is 2.28. The Morgan fingerprint density at radius 2 is 1.68 bits per heavy atom. The zero-order chi connectivity index (χ0) is 15.0. The second-order valence-corrected chi connectivity index (χ2v) is 6.19. The second kappa shape index (κ2) is 5.39. The minimum atomic E-state index is -0.836. The normalized spacial score (nSPS) is 11.4. The van der Waals surface area contributed by atoms with Crippen LogP contribution in [0.25, 0.3) is 0 Å². The number of halogens is 2. The number of Topliss-reactive ketones (excluding diaryl/α,β-unsaturated/α-hetero) is 2. The maximum atomic E-state index is 12.0. The van der Waals surface area contributed by atoms with Gasteiger partial charge in [-0.2, -0.15) is 0 Å². The maximum Gasteiger partial charge on any atom is 0.230 e. The van der Waals surface area contributed by atoms with Gasteiger partial charge in [0.25, 0.3) is 0 Å². The fraction of sp³-hybridized carbons (Fsp3) is 0.385. The third-order valence-electron chi connectivity index (χ3n) is 2.35. The molecule has 104 valence electrons. The first-order chi connectivity index (χ1) is 8.54. The monoisotopic (exact) mass is 304 g/mol. The van der Waals surface area contributed by atoms with E-state index in [4.69, 9.17) is 23.2 Å². The molecule has 0 fully saturated rings. The highest BCUT2D eigenvalue weighted by molar-refractivity contribution is 6.49. The van der Waals surface area contributed by atoms with E-state index >= 15 is 0 Å². The molecular formula is C13H14Cl2O4. The molecule has 0 aliphatic carbocycles. The van der Waals surface area contributed by atoms with E-state index in [0.717, 1.165) is 6.07 Å². The molecule has 0 amide bonds. The first-order valence-electron chi connectivity index (χ1n) is 5.52. The van der Waals surface area contributed by atoms with Gasteiger partial charge in [-0.3, -0.25) is 9.59 Å². The van der Waals surface area contributed by atoms with Gasteiger partial charge in [-0.15, -0.1) is 0 Å². The Balaban J connectivity index is 3.18. The van der Waals surface area contributed by atoms with E-state index in [1.807, 2.05) is 20.8 Å². The Morgan fingerprint density at radius 3 is 2.16 bits per heavy atom. The van der Waals surface area contributed by atoms with E-state index < -0.39 is 23.1 Å². The van der Waals surface area contributed by atoms with Crippen molar-refractivity contribution in [1.82, 2.24) is 0 Å². The summed E-state index contributed by atoms with van der Waals surface area (Å²) in [5.74, 6) is -2.79. The standard InChI is InChI=1S/C13H14Cl2O4/c1-13(2,3)5-8(16)10(17)6-4-7(14)11(18)12(19)9(6)15/h4,18-19H,5H2,1-3H3. The van der Waals surface area contributed by atoms with Crippen molar-refractivity contribution in [2.75, 3.05) is 0 Å². The molecule has 1 rings (SSSR count). The predicted molar refractivity (Wildman–Crippen MR) is 73.2 cm³/mol. The number of hydrogen-bond donors (Lipinski definition) is 2. The number of carbonyl (C=O) groups excluding carboxylic acids is 2. The highest BCUT2D eigenvalue weighted by Gasteiger charge is 2.27. The molecule has 0 spiro atoms. The molecule has 0 atom stereocenters. The number of ketones is 2. The molecule has 0 heterocycles. The Bertz CT molecular complexity index is 545. The van der Waals surface area contributed by atoms with E-state index in [1.54, 1.807) is 0 Å². The van der Waals surface area contributed by atoms with Gasteiger partial charge in [-0.1, -0.05) is 44.0 Å². The molecule has 1 aromatic carbocycles. The Kier molecular flexibility index (Phi) is 4.48. The summed E-state index contributed by atoms with van der Waals surface area (Å²) in [4.78, 5) is 23.8. The van der Waals surface area contributed by atoms with Crippen LogP contribution in [0, 0.1) is 5.41 Å². The average molecular weight is 305 g/mol. The Labute approximate surface area is 121 Å². The number of phenolic OH excluding ortho intramolecular Hbond substituents is 2. The van der Waals surface area contributed by atoms with Gasteiger partial charge in [0.2, 0.25) is 11.6 Å². The number of aromatic hydroxyl groups is 2. The van der Waals surface area contributed by atoms with Gasteiger partial charge < -0.3 is 10.2 Å². The molecule has 0 saturated heterocycles. The van der Waals surface area contributed by atoms with E-state index in [0.29, 0.717) is 0 Å². The van der Waals surface area contributed by atoms with E-state index in [9.17, 15) is 19.8 Å². The summed E-state index contributed by atoms with van der Waals surface area (Å²) >= 11 is 11.4. The van der Waals surface area contributed by atoms with Crippen LogP contribution >= 0.6 is 23.2 Å². The molecule has 0 aliphatic heterocycles. The van der Waals surface area contributed by atoms with Crippen molar-refractivity contribution in [3.63, 3.8) is 0 Å². The quantitative estimate of drug-likeness (QED) is 0.508. The minimum Gasteiger partial charge on any atom is -0.503 e. The van der Waals surface area contributed by atoms with Crippen LogP contribution in [0.4, 0.5) is 0 Å². The molecule has 0 aromatic heterocycles. The summed E-state index contributed by atoms with van der Waals surface area (Å²) in [6, 6.07) is 1.07. The van der Waals surface area contributed by atoms with Gasteiger partial charge in [-0.05, 0) is 11.5 Å². The predicted octanol–water partition coefficient (Wildman–Crippen LogP) is 3.59. The van der Waals surface area contributed by atoms with Gasteiger partial charge in [0.1, 0.15) is 0 Å². The summed E-state index contributed by atoms with van der Waals surface area (Å²) in [5, 5.41) is 18.2. The fourth-order valence-corrected chi connectivity index (χ4v) is 1.91. The number of carbonyl (C=O) groups is 2. The summed E-state index contributed by atoms with van der Waals surface area (Å²) in [6.07, 6.45) is 0.0431. The lowest BCUT2D eigenvalue weighted by Gasteiger charge is -2.16. The van der Waals surface area contributed by atoms with Gasteiger partial charge in [-0.25, -0.2) is 0 Å². The van der Waals surface area contributed by atoms with Crippen molar-refractivity contribution in [2.24, 2.45) is 5.41 Å². The first kappa shape index (κ1) is 15.8. The van der Waals surface area contributed by atoms with Gasteiger partial charge in [0, 0.05) is 12.0 Å². The highest BCUT2D eigenvalue weighted by Crippen LogP contribution is 2.41. The Hall–Kier alpha value is -1.26. The first-order valence-corrected chi connectivity index (χ1v) is 6.27. The van der Waals surface area contributed by atoms with Crippen molar-refractivity contribution >= 4 is 34.8 Å². The summed E-state index contributed by atoms with van der Waals surface area (Å²) in [7, 11) is 0. The molecule has 2 N–H and O–H groups in total. The second-order valence-electron chi connectivity index (χ2n) is 5.41. The van der Waals surface area contributed by atoms with Crippen molar-refractivity contribution < 1.29 is 19.8 Å². The molecule has 0 saturated carbocycles. The van der Waals surface area contributed by atoms with Crippen LogP contribution < -0.4 is 0 Å². The summed E-state index contributed by atoms with van der Waals surface area (Å²) in [6.45, 7) is 5.46. The summed E-state index contributed by atoms with van der Waals surface area (Å²) < 4.78 is 0. The zero-order valence-corrected chi connectivity index (χ0v) is 12.3. The van der Waals surface area contributed by atoms with Crippen LogP contribution in [-0.2, 0) is 4.79 Å².